The van der Waals surface area contributed by atoms with Gasteiger partial charge in [-0.15, -0.1) is 0 Å². The predicted molar refractivity (Wildman–Crippen MR) is 169 cm³/mol. The first-order chi connectivity index (χ1) is 21.5. The van der Waals surface area contributed by atoms with Crippen molar-refractivity contribution in [2.24, 2.45) is 0 Å². The molecule has 0 unspecified atom stereocenters. The molecule has 45 heavy (non-hydrogen) atoms. The maximum atomic E-state index is 14.5. The van der Waals surface area contributed by atoms with Crippen LogP contribution in [0, 0.1) is 12.7 Å². The van der Waals surface area contributed by atoms with E-state index in [1.54, 1.807) is 24.4 Å². The lowest BCUT2D eigenvalue weighted by Gasteiger charge is -2.34. The van der Waals surface area contributed by atoms with Crippen molar-refractivity contribution in [2.45, 2.75) is 13.1 Å². The summed E-state index contributed by atoms with van der Waals surface area (Å²) in [6.07, 6.45) is -3.16. The van der Waals surface area contributed by atoms with Crippen LogP contribution in [0.25, 0.3) is 22.0 Å². The zero-order valence-electron chi connectivity index (χ0n) is 24.6. The van der Waals surface area contributed by atoms with E-state index in [9.17, 15) is 22.4 Å². The number of halogens is 4. The quantitative estimate of drug-likeness (QED) is 0.193. The zero-order chi connectivity index (χ0) is 31.7. The zero-order valence-corrected chi connectivity index (χ0v) is 24.6. The van der Waals surface area contributed by atoms with E-state index in [1.165, 1.54) is 5.69 Å². The van der Waals surface area contributed by atoms with Crippen LogP contribution < -0.4 is 15.5 Å². The fourth-order valence-corrected chi connectivity index (χ4v) is 5.33. The first-order valence-corrected chi connectivity index (χ1v) is 14.4. The number of nitrogens with one attached hydrogen (secondary N) is 2. The molecule has 0 atom stereocenters. The Morgan fingerprint density at radius 2 is 1.67 bits per heavy atom. The van der Waals surface area contributed by atoms with Crippen molar-refractivity contribution in [2.75, 3.05) is 48.8 Å². The molecule has 230 valence electrons. The Hall–Kier alpha value is -5.03. The second-order valence-electron chi connectivity index (χ2n) is 11.1. The molecule has 1 aliphatic rings. The van der Waals surface area contributed by atoms with Gasteiger partial charge in [0.05, 0.1) is 16.8 Å². The van der Waals surface area contributed by atoms with Gasteiger partial charge < -0.3 is 20.4 Å². The first kappa shape index (κ1) is 30.0. The molecule has 1 amide bonds. The van der Waals surface area contributed by atoms with E-state index in [2.05, 4.69) is 49.6 Å². The lowest BCUT2D eigenvalue weighted by atomic mass is 9.97. The minimum absolute atomic E-state index is 0.168. The molecule has 11 heteroatoms. The second-order valence-corrected chi connectivity index (χ2v) is 11.1. The number of aryl methyl sites for hydroxylation is 1. The molecule has 0 spiro atoms. The number of carbonyl (C=O) groups excluding carboxylic acids is 1. The fraction of sp³-hybridized carbons (Fsp3) is 0.206. The lowest BCUT2D eigenvalue weighted by Crippen LogP contribution is -2.44. The van der Waals surface area contributed by atoms with Crippen molar-refractivity contribution >= 4 is 39.8 Å². The van der Waals surface area contributed by atoms with Crippen LogP contribution in [-0.2, 0) is 6.18 Å². The smallest absolute Gasteiger partial charge is 0.369 e. The van der Waals surface area contributed by atoms with Gasteiger partial charge in [-0.1, -0.05) is 18.2 Å². The normalized spacial score (nSPS) is 14.0. The minimum Gasteiger partial charge on any atom is -0.369 e. The Balaban J connectivity index is 1.18. The average molecular weight is 615 g/mol. The van der Waals surface area contributed by atoms with E-state index in [0.29, 0.717) is 12.0 Å². The molecular weight excluding hydrogens is 584 g/mol. The van der Waals surface area contributed by atoms with Crippen molar-refractivity contribution < 1.29 is 22.4 Å². The van der Waals surface area contributed by atoms with Crippen LogP contribution in [0.5, 0.6) is 0 Å². The Labute approximate surface area is 257 Å². The van der Waals surface area contributed by atoms with Gasteiger partial charge in [-0.25, -0.2) is 14.4 Å². The van der Waals surface area contributed by atoms with Crippen LogP contribution in [0.15, 0.2) is 85.1 Å². The molecule has 2 heterocycles. The van der Waals surface area contributed by atoms with Crippen LogP contribution in [-0.4, -0.2) is 54.0 Å². The number of hydrogen-bond donors (Lipinski definition) is 2. The number of fused-ring (bicyclic) bond motifs is 1. The van der Waals surface area contributed by atoms with Gasteiger partial charge in [-0.2, -0.15) is 13.2 Å². The summed E-state index contributed by atoms with van der Waals surface area (Å²) in [5, 5.41) is 6.31. The molecule has 5 aromatic rings. The third-order valence-electron chi connectivity index (χ3n) is 7.93. The fourth-order valence-electron chi connectivity index (χ4n) is 5.33. The van der Waals surface area contributed by atoms with Crippen LogP contribution >= 0.6 is 0 Å². The summed E-state index contributed by atoms with van der Waals surface area (Å²) >= 11 is 0. The summed E-state index contributed by atoms with van der Waals surface area (Å²) < 4.78 is 53.9. The molecule has 4 aromatic carbocycles. The van der Waals surface area contributed by atoms with Crippen LogP contribution in [0.1, 0.15) is 21.5 Å². The number of alkyl halides is 3. The monoisotopic (exact) mass is 614 g/mol. The molecular formula is C34H30F4N6O. The van der Waals surface area contributed by atoms with Crippen molar-refractivity contribution in [1.82, 2.24) is 14.9 Å². The van der Waals surface area contributed by atoms with Crippen molar-refractivity contribution in [3.8, 4) is 11.1 Å². The molecule has 1 aromatic heterocycles. The van der Waals surface area contributed by atoms with Crippen molar-refractivity contribution in [1.29, 1.82) is 0 Å². The van der Waals surface area contributed by atoms with Gasteiger partial charge in [0, 0.05) is 54.7 Å². The predicted octanol–water partition coefficient (Wildman–Crippen LogP) is 7.51. The van der Waals surface area contributed by atoms with Gasteiger partial charge in [0.2, 0.25) is 5.95 Å². The molecule has 1 saturated heterocycles. The number of nitrogens with zero attached hydrogens (tertiary/aromatic N) is 4. The number of carbonyl (C=O) groups is 1. The molecule has 7 nitrogen and oxygen atoms in total. The highest BCUT2D eigenvalue weighted by Crippen LogP contribution is 2.34. The summed E-state index contributed by atoms with van der Waals surface area (Å²) in [5.41, 5.74) is 3.35. The number of rotatable bonds is 6. The van der Waals surface area contributed by atoms with E-state index in [0.717, 1.165) is 71.6 Å². The third kappa shape index (κ3) is 6.58. The first-order valence-electron chi connectivity index (χ1n) is 14.4. The van der Waals surface area contributed by atoms with Gasteiger partial charge in [-0.3, -0.25) is 4.79 Å². The summed E-state index contributed by atoms with van der Waals surface area (Å²) in [7, 11) is 2.13. The van der Waals surface area contributed by atoms with Gasteiger partial charge in [-0.05, 0) is 91.3 Å². The Bertz CT molecular complexity index is 1870. The number of amides is 1. The van der Waals surface area contributed by atoms with E-state index in [4.69, 9.17) is 0 Å². The summed E-state index contributed by atoms with van der Waals surface area (Å²) in [5.74, 6) is -1.80. The van der Waals surface area contributed by atoms with Crippen LogP contribution in [0.4, 0.5) is 40.6 Å². The van der Waals surface area contributed by atoms with E-state index in [1.807, 2.05) is 37.3 Å². The Morgan fingerprint density at radius 1 is 0.911 bits per heavy atom. The standard InChI is InChI=1S/C34H30F4N6O/c1-21-6-7-23(32(45)41-30-5-3-4-28(31(30)35)34(36,37)38)19-27(21)22-8-13-29-24(18-22)20-39-33(42-29)40-25-9-11-26(12-10-25)44-16-14-43(2)15-17-44/h3-13,18-20H,14-17H2,1-2H3,(H,41,45)(H,39,40,42). The van der Waals surface area contributed by atoms with Crippen molar-refractivity contribution in [3.63, 3.8) is 0 Å². The summed E-state index contributed by atoms with van der Waals surface area (Å²) in [4.78, 5) is 26.8. The number of aromatic nitrogens is 2. The summed E-state index contributed by atoms with van der Waals surface area (Å²) in [6, 6.07) is 21.5. The Morgan fingerprint density at radius 3 is 2.40 bits per heavy atom. The second kappa shape index (κ2) is 12.2. The summed E-state index contributed by atoms with van der Waals surface area (Å²) in [6.45, 7) is 5.95. The van der Waals surface area contributed by atoms with Gasteiger partial charge >= 0.3 is 6.18 Å². The third-order valence-corrected chi connectivity index (χ3v) is 7.93. The van der Waals surface area contributed by atoms with E-state index in [-0.39, 0.29) is 5.56 Å². The van der Waals surface area contributed by atoms with Gasteiger partial charge in [0.25, 0.3) is 5.91 Å². The van der Waals surface area contributed by atoms with E-state index >= 15 is 0 Å². The number of piperazine rings is 1. The molecule has 2 N–H and O–H groups in total. The minimum atomic E-state index is -4.88. The lowest BCUT2D eigenvalue weighted by molar-refractivity contribution is -0.139. The largest absolute Gasteiger partial charge is 0.419 e. The van der Waals surface area contributed by atoms with Gasteiger partial charge in [0.15, 0.2) is 5.82 Å². The SMILES string of the molecule is Cc1ccc(C(=O)Nc2cccc(C(F)(F)F)c2F)cc1-c1ccc2nc(Nc3ccc(N4CCN(C)CC4)cc3)ncc2c1. The highest BCUT2D eigenvalue weighted by molar-refractivity contribution is 6.05. The maximum Gasteiger partial charge on any atom is 0.419 e. The molecule has 0 radical (unpaired) electrons. The molecule has 1 fully saturated rings. The number of likely N-dealkylation sites (N-methyl/N-ethyl adjacent to an activating group) is 1. The average Bonchev–Trinajstić information content (AvgIpc) is 3.02. The van der Waals surface area contributed by atoms with E-state index < -0.39 is 29.2 Å². The molecule has 0 aliphatic carbocycles. The maximum absolute atomic E-state index is 14.5. The molecule has 0 bridgehead atoms. The van der Waals surface area contributed by atoms with Gasteiger partial charge in [0.1, 0.15) is 0 Å². The Kier molecular flexibility index (Phi) is 8.11. The van der Waals surface area contributed by atoms with Crippen molar-refractivity contribution in [3.05, 3.63) is 108 Å². The van der Waals surface area contributed by atoms with Crippen LogP contribution in [0.2, 0.25) is 0 Å². The highest BCUT2D eigenvalue weighted by atomic mass is 19.4. The number of anilines is 4. The van der Waals surface area contributed by atoms with Crippen LogP contribution in [0.3, 0.4) is 0 Å². The molecule has 1 aliphatic heterocycles. The number of hydrogen-bond acceptors (Lipinski definition) is 6. The number of benzene rings is 4. The molecule has 6 rings (SSSR count). The highest BCUT2D eigenvalue weighted by Gasteiger charge is 2.35. The molecule has 0 saturated carbocycles. The topological polar surface area (TPSA) is 73.4 Å².